The van der Waals surface area contributed by atoms with Gasteiger partial charge in [-0.15, -0.1) is 0 Å². The van der Waals surface area contributed by atoms with Gasteiger partial charge in [0, 0.05) is 38.8 Å². The first-order valence-electron chi connectivity index (χ1n) is 9.34. The molecule has 0 N–H and O–H groups in total. The van der Waals surface area contributed by atoms with Crippen molar-refractivity contribution in [1.82, 2.24) is 9.80 Å². The molecule has 2 rings (SSSR count). The lowest BCUT2D eigenvalue weighted by atomic mass is 9.87. The summed E-state index contributed by atoms with van der Waals surface area (Å²) in [5, 5.41) is 0. The van der Waals surface area contributed by atoms with Gasteiger partial charge < -0.3 is 19.1 Å². The van der Waals surface area contributed by atoms with Gasteiger partial charge in [-0.25, -0.2) is 4.79 Å². The van der Waals surface area contributed by atoms with E-state index in [0.717, 1.165) is 25.9 Å². The maximum Gasteiger partial charge on any atom is 0.410 e. The van der Waals surface area contributed by atoms with Crippen LogP contribution in [0.2, 0.25) is 0 Å². The standard InChI is InChI=1S/C19H36N2O4/c1-17(2,3)21-12-15(13-23-7)24-19(14-21)8-10-20(11-9-19)16(22)25-18(4,5)6/h15H,8-14H2,1-7H3/t15-/m0/s1. The number of hydrogen-bond donors (Lipinski definition) is 0. The number of morpholine rings is 1. The zero-order chi connectivity index (χ0) is 18.9. The van der Waals surface area contributed by atoms with Crippen LogP contribution in [0.25, 0.3) is 0 Å². The molecular weight excluding hydrogens is 320 g/mol. The van der Waals surface area contributed by atoms with Crippen molar-refractivity contribution in [2.45, 2.75) is 77.2 Å². The molecule has 0 bridgehead atoms. The second-order valence-electron chi connectivity index (χ2n) is 9.40. The minimum atomic E-state index is -0.458. The summed E-state index contributed by atoms with van der Waals surface area (Å²) in [6.07, 6.45) is 1.52. The highest BCUT2D eigenvalue weighted by atomic mass is 16.6. The number of methoxy groups -OCH3 is 1. The molecule has 0 aromatic rings. The molecule has 2 fully saturated rings. The molecule has 0 radical (unpaired) electrons. The summed E-state index contributed by atoms with van der Waals surface area (Å²) >= 11 is 0. The number of likely N-dealkylation sites (tertiary alicyclic amines) is 1. The normalized spacial score (nSPS) is 25.2. The van der Waals surface area contributed by atoms with Crippen LogP contribution in [0, 0.1) is 0 Å². The largest absolute Gasteiger partial charge is 0.444 e. The van der Waals surface area contributed by atoms with E-state index >= 15 is 0 Å². The third-order valence-electron chi connectivity index (χ3n) is 4.95. The first-order valence-corrected chi connectivity index (χ1v) is 9.34. The van der Waals surface area contributed by atoms with E-state index in [2.05, 4.69) is 25.7 Å². The Kier molecular flexibility index (Phi) is 6.07. The van der Waals surface area contributed by atoms with Crippen LogP contribution in [-0.4, -0.2) is 78.6 Å². The highest BCUT2D eigenvalue weighted by Crippen LogP contribution is 2.35. The number of nitrogens with zero attached hydrogens (tertiary/aromatic N) is 2. The molecule has 0 aromatic carbocycles. The predicted molar refractivity (Wildman–Crippen MR) is 97.8 cm³/mol. The zero-order valence-electron chi connectivity index (χ0n) is 17.1. The number of piperidine rings is 1. The first-order chi connectivity index (χ1) is 11.4. The van der Waals surface area contributed by atoms with Crippen molar-refractivity contribution >= 4 is 6.09 Å². The minimum Gasteiger partial charge on any atom is -0.444 e. The van der Waals surface area contributed by atoms with Gasteiger partial charge in [-0.2, -0.15) is 0 Å². The fourth-order valence-electron chi connectivity index (χ4n) is 3.57. The van der Waals surface area contributed by atoms with Gasteiger partial charge in [-0.3, -0.25) is 4.90 Å². The quantitative estimate of drug-likeness (QED) is 0.761. The molecule has 2 saturated heterocycles. The molecule has 1 spiro atoms. The van der Waals surface area contributed by atoms with Crippen molar-refractivity contribution in [3.63, 3.8) is 0 Å². The monoisotopic (exact) mass is 356 g/mol. The van der Waals surface area contributed by atoms with Crippen LogP contribution < -0.4 is 0 Å². The Labute approximate surface area is 152 Å². The van der Waals surface area contributed by atoms with E-state index in [1.165, 1.54) is 0 Å². The molecule has 1 amide bonds. The molecule has 1 atom stereocenters. The average molecular weight is 357 g/mol. The summed E-state index contributed by atoms with van der Waals surface area (Å²) in [5.74, 6) is 0. The molecule has 2 heterocycles. The third kappa shape index (κ3) is 5.56. The maximum absolute atomic E-state index is 12.3. The van der Waals surface area contributed by atoms with E-state index in [-0.39, 0.29) is 23.3 Å². The van der Waals surface area contributed by atoms with Gasteiger partial charge >= 0.3 is 6.09 Å². The number of ether oxygens (including phenoxy) is 3. The number of carbonyl (C=O) groups is 1. The third-order valence-corrected chi connectivity index (χ3v) is 4.95. The van der Waals surface area contributed by atoms with Crippen LogP contribution in [0.15, 0.2) is 0 Å². The molecule has 6 heteroatoms. The predicted octanol–water partition coefficient (Wildman–Crippen LogP) is 2.90. The lowest BCUT2D eigenvalue weighted by Crippen LogP contribution is -2.64. The Bertz CT molecular complexity index is 459. The van der Waals surface area contributed by atoms with Crippen molar-refractivity contribution < 1.29 is 19.0 Å². The van der Waals surface area contributed by atoms with Crippen LogP contribution in [0.1, 0.15) is 54.4 Å². The Hall–Kier alpha value is -0.850. The Morgan fingerprint density at radius 2 is 1.76 bits per heavy atom. The number of amides is 1. The van der Waals surface area contributed by atoms with Gasteiger partial charge in [-0.05, 0) is 54.4 Å². The molecule has 0 aliphatic carbocycles. The molecule has 146 valence electrons. The van der Waals surface area contributed by atoms with Crippen molar-refractivity contribution in [3.05, 3.63) is 0 Å². The molecule has 2 aliphatic rings. The van der Waals surface area contributed by atoms with E-state index in [1.54, 1.807) is 12.0 Å². The van der Waals surface area contributed by atoms with Crippen LogP contribution in [0.5, 0.6) is 0 Å². The second-order valence-corrected chi connectivity index (χ2v) is 9.40. The smallest absolute Gasteiger partial charge is 0.410 e. The first kappa shape index (κ1) is 20.5. The van der Waals surface area contributed by atoms with Gasteiger partial charge in [0.1, 0.15) is 5.60 Å². The minimum absolute atomic E-state index is 0.0750. The highest BCUT2D eigenvalue weighted by molar-refractivity contribution is 5.68. The number of rotatable bonds is 2. The molecule has 0 unspecified atom stereocenters. The summed E-state index contributed by atoms with van der Waals surface area (Å²) in [4.78, 5) is 16.6. The Morgan fingerprint density at radius 3 is 2.24 bits per heavy atom. The molecular formula is C19H36N2O4. The van der Waals surface area contributed by atoms with Crippen molar-refractivity contribution in [2.75, 3.05) is 39.9 Å². The van der Waals surface area contributed by atoms with E-state index in [9.17, 15) is 4.79 Å². The van der Waals surface area contributed by atoms with Crippen LogP contribution in [0.3, 0.4) is 0 Å². The number of hydrogen-bond acceptors (Lipinski definition) is 5. The van der Waals surface area contributed by atoms with Crippen LogP contribution in [-0.2, 0) is 14.2 Å². The van der Waals surface area contributed by atoms with E-state index in [1.807, 2.05) is 20.8 Å². The maximum atomic E-state index is 12.3. The fraction of sp³-hybridized carbons (Fsp3) is 0.947. The molecule has 0 aromatic heterocycles. The lowest BCUT2D eigenvalue weighted by Gasteiger charge is -2.53. The molecule has 6 nitrogen and oxygen atoms in total. The highest BCUT2D eigenvalue weighted by Gasteiger charge is 2.46. The van der Waals surface area contributed by atoms with E-state index in [4.69, 9.17) is 14.2 Å². The van der Waals surface area contributed by atoms with E-state index < -0.39 is 5.60 Å². The summed E-state index contributed by atoms with van der Waals surface area (Å²) in [6.45, 7) is 16.2. The summed E-state index contributed by atoms with van der Waals surface area (Å²) in [5.41, 5.74) is -0.571. The van der Waals surface area contributed by atoms with Crippen LogP contribution >= 0.6 is 0 Å². The Morgan fingerprint density at radius 1 is 1.16 bits per heavy atom. The topological polar surface area (TPSA) is 51.2 Å². The van der Waals surface area contributed by atoms with Gasteiger partial charge in [0.25, 0.3) is 0 Å². The van der Waals surface area contributed by atoms with Crippen molar-refractivity contribution in [1.29, 1.82) is 0 Å². The molecule has 25 heavy (non-hydrogen) atoms. The fourth-order valence-corrected chi connectivity index (χ4v) is 3.57. The zero-order valence-corrected chi connectivity index (χ0v) is 17.1. The van der Waals surface area contributed by atoms with E-state index in [0.29, 0.717) is 19.7 Å². The van der Waals surface area contributed by atoms with Gasteiger partial charge in [0.15, 0.2) is 0 Å². The average Bonchev–Trinajstić information content (AvgIpc) is 2.45. The van der Waals surface area contributed by atoms with Crippen molar-refractivity contribution in [2.24, 2.45) is 0 Å². The summed E-state index contributed by atoms with van der Waals surface area (Å²) in [6, 6.07) is 0. The van der Waals surface area contributed by atoms with Gasteiger partial charge in [0.05, 0.1) is 18.3 Å². The molecule has 0 saturated carbocycles. The summed E-state index contributed by atoms with van der Waals surface area (Å²) < 4.78 is 17.3. The molecule has 2 aliphatic heterocycles. The van der Waals surface area contributed by atoms with Crippen molar-refractivity contribution in [3.8, 4) is 0 Å². The Balaban J connectivity index is 2.02. The van der Waals surface area contributed by atoms with Gasteiger partial charge in [-0.1, -0.05) is 0 Å². The SMILES string of the molecule is COC[C@@H]1CN(C(C)(C)C)CC2(CCN(C(=O)OC(C)(C)C)CC2)O1. The lowest BCUT2D eigenvalue weighted by molar-refractivity contribution is -0.198. The van der Waals surface area contributed by atoms with Crippen LogP contribution in [0.4, 0.5) is 4.79 Å². The number of carbonyl (C=O) groups excluding carboxylic acids is 1. The van der Waals surface area contributed by atoms with Gasteiger partial charge in [0.2, 0.25) is 0 Å². The second kappa shape index (κ2) is 7.41. The summed E-state index contributed by atoms with van der Waals surface area (Å²) in [7, 11) is 1.72.